The minimum atomic E-state index is -3.74. The predicted octanol–water partition coefficient (Wildman–Crippen LogP) is 3.32. The molecule has 8 heteroatoms. The Labute approximate surface area is 197 Å². The van der Waals surface area contributed by atoms with Crippen LogP contribution >= 0.6 is 0 Å². The van der Waals surface area contributed by atoms with E-state index in [1.165, 1.54) is 4.90 Å². The molecule has 0 saturated carbocycles. The van der Waals surface area contributed by atoms with Gasteiger partial charge in [-0.1, -0.05) is 42.0 Å². The first-order chi connectivity index (χ1) is 15.3. The van der Waals surface area contributed by atoms with Gasteiger partial charge in [0, 0.05) is 12.6 Å². The van der Waals surface area contributed by atoms with Crippen LogP contribution in [0.1, 0.15) is 43.0 Å². The van der Waals surface area contributed by atoms with Crippen molar-refractivity contribution in [3.05, 3.63) is 64.7 Å². The minimum Gasteiger partial charge on any atom is -0.352 e. The molecule has 0 fully saturated rings. The summed E-state index contributed by atoms with van der Waals surface area (Å²) in [6.45, 7) is 10.8. The Hall–Kier alpha value is -2.87. The number of aryl methyl sites for hydroxylation is 2. The molecule has 0 radical (unpaired) electrons. The number of carbonyl (C=O) groups is 2. The largest absolute Gasteiger partial charge is 0.352 e. The van der Waals surface area contributed by atoms with Gasteiger partial charge >= 0.3 is 0 Å². The summed E-state index contributed by atoms with van der Waals surface area (Å²) in [5, 5.41) is 2.84. The monoisotopic (exact) mass is 473 g/mol. The summed E-state index contributed by atoms with van der Waals surface area (Å²) in [6, 6.07) is 12.2. The van der Waals surface area contributed by atoms with Crippen molar-refractivity contribution >= 4 is 27.5 Å². The van der Waals surface area contributed by atoms with Crippen LogP contribution in [0.3, 0.4) is 0 Å². The molecule has 0 spiro atoms. The average Bonchev–Trinajstić information content (AvgIpc) is 2.72. The molecule has 2 rings (SSSR count). The summed E-state index contributed by atoms with van der Waals surface area (Å²) < 4.78 is 26.5. The first-order valence-electron chi connectivity index (χ1n) is 11.0. The molecule has 1 N–H and O–H groups in total. The molecule has 0 saturated heterocycles. The van der Waals surface area contributed by atoms with Crippen LogP contribution in [-0.4, -0.2) is 50.0 Å². The van der Waals surface area contributed by atoms with Crippen molar-refractivity contribution in [3.8, 4) is 0 Å². The molecule has 0 aliphatic rings. The number of hydrogen-bond acceptors (Lipinski definition) is 4. The predicted molar refractivity (Wildman–Crippen MR) is 133 cm³/mol. The Morgan fingerprint density at radius 3 is 2.12 bits per heavy atom. The van der Waals surface area contributed by atoms with Crippen molar-refractivity contribution in [1.82, 2.24) is 10.2 Å². The second kappa shape index (κ2) is 10.8. The van der Waals surface area contributed by atoms with E-state index in [9.17, 15) is 18.0 Å². The molecule has 0 aliphatic heterocycles. The van der Waals surface area contributed by atoms with Gasteiger partial charge in [-0.3, -0.25) is 13.9 Å². The normalized spacial score (nSPS) is 12.4. The molecule has 0 aliphatic carbocycles. The van der Waals surface area contributed by atoms with Crippen LogP contribution in [0.2, 0.25) is 0 Å². The summed E-state index contributed by atoms with van der Waals surface area (Å²) >= 11 is 0. The lowest BCUT2D eigenvalue weighted by Crippen LogP contribution is -2.52. The van der Waals surface area contributed by atoms with Crippen LogP contribution in [-0.2, 0) is 26.2 Å². The Bertz CT molecular complexity index is 1100. The van der Waals surface area contributed by atoms with Crippen molar-refractivity contribution in [2.75, 3.05) is 17.1 Å². The van der Waals surface area contributed by atoms with E-state index in [0.717, 1.165) is 32.8 Å². The highest BCUT2D eigenvalue weighted by molar-refractivity contribution is 7.92. The van der Waals surface area contributed by atoms with Crippen LogP contribution < -0.4 is 9.62 Å². The molecular weight excluding hydrogens is 438 g/mol. The Morgan fingerprint density at radius 2 is 1.58 bits per heavy atom. The number of rotatable bonds is 9. The fourth-order valence-corrected chi connectivity index (χ4v) is 4.38. The second-order valence-corrected chi connectivity index (χ2v) is 10.7. The summed E-state index contributed by atoms with van der Waals surface area (Å²) in [5.74, 6) is -0.739. The summed E-state index contributed by atoms with van der Waals surface area (Å²) in [7, 11) is -3.74. The standard InChI is InChI=1S/C25H35N3O4S/c1-17(2)26-25(30)21(6)27(15-22-13-11-18(3)12-14-22)24(29)16-28(33(7,31)32)23-10-8-9-19(4)20(23)5/h8-14,17,21H,15-16H2,1-7H3,(H,26,30)/t21-/m0/s1. The van der Waals surface area contributed by atoms with Crippen molar-refractivity contribution in [3.63, 3.8) is 0 Å². The van der Waals surface area contributed by atoms with Crippen LogP contribution in [0.25, 0.3) is 0 Å². The first kappa shape index (κ1) is 26.4. The van der Waals surface area contributed by atoms with Crippen LogP contribution in [0.5, 0.6) is 0 Å². The minimum absolute atomic E-state index is 0.0845. The van der Waals surface area contributed by atoms with Crippen molar-refractivity contribution in [1.29, 1.82) is 0 Å². The van der Waals surface area contributed by atoms with Crippen molar-refractivity contribution in [2.24, 2.45) is 0 Å². The highest BCUT2D eigenvalue weighted by Gasteiger charge is 2.30. The number of nitrogens with one attached hydrogen (secondary N) is 1. The summed E-state index contributed by atoms with van der Waals surface area (Å²) in [5.41, 5.74) is 4.11. The zero-order valence-electron chi connectivity index (χ0n) is 20.5. The zero-order valence-corrected chi connectivity index (χ0v) is 21.4. The molecule has 0 bridgehead atoms. The van der Waals surface area contributed by atoms with Gasteiger partial charge in [0.2, 0.25) is 21.8 Å². The van der Waals surface area contributed by atoms with Crippen molar-refractivity contribution in [2.45, 2.75) is 60.2 Å². The van der Waals surface area contributed by atoms with E-state index < -0.39 is 28.5 Å². The molecule has 180 valence electrons. The van der Waals surface area contributed by atoms with Crippen LogP contribution in [0, 0.1) is 20.8 Å². The fourth-order valence-electron chi connectivity index (χ4n) is 3.48. The lowest BCUT2D eigenvalue weighted by Gasteiger charge is -2.32. The van der Waals surface area contributed by atoms with E-state index in [4.69, 9.17) is 0 Å². The molecule has 1 atom stereocenters. The molecule has 2 amide bonds. The van der Waals surface area contributed by atoms with Gasteiger partial charge in [-0.2, -0.15) is 0 Å². The highest BCUT2D eigenvalue weighted by atomic mass is 32.2. The molecule has 7 nitrogen and oxygen atoms in total. The van der Waals surface area contributed by atoms with E-state index in [-0.39, 0.29) is 18.5 Å². The number of sulfonamides is 1. The third kappa shape index (κ3) is 7.05. The van der Waals surface area contributed by atoms with E-state index in [1.54, 1.807) is 19.1 Å². The molecule has 33 heavy (non-hydrogen) atoms. The van der Waals surface area contributed by atoms with E-state index in [0.29, 0.717) is 5.69 Å². The van der Waals surface area contributed by atoms with Gasteiger partial charge < -0.3 is 10.2 Å². The van der Waals surface area contributed by atoms with Crippen LogP contribution in [0.15, 0.2) is 42.5 Å². The van der Waals surface area contributed by atoms with Crippen molar-refractivity contribution < 1.29 is 18.0 Å². The molecule has 0 unspecified atom stereocenters. The SMILES string of the molecule is Cc1ccc(CN(C(=O)CN(c2cccc(C)c2C)S(C)(=O)=O)[C@@H](C)C(=O)NC(C)C)cc1. The van der Waals surface area contributed by atoms with Gasteiger partial charge in [-0.15, -0.1) is 0 Å². The lowest BCUT2D eigenvalue weighted by molar-refractivity contribution is -0.139. The van der Waals surface area contributed by atoms with Gasteiger partial charge in [0.25, 0.3) is 0 Å². The summed E-state index contributed by atoms with van der Waals surface area (Å²) in [4.78, 5) is 27.7. The lowest BCUT2D eigenvalue weighted by atomic mass is 10.1. The Morgan fingerprint density at radius 1 is 0.970 bits per heavy atom. The van der Waals surface area contributed by atoms with Gasteiger partial charge in [-0.25, -0.2) is 8.42 Å². The van der Waals surface area contributed by atoms with Crippen LogP contribution in [0.4, 0.5) is 5.69 Å². The third-order valence-electron chi connectivity index (χ3n) is 5.60. The first-order valence-corrected chi connectivity index (χ1v) is 12.9. The fraction of sp³-hybridized carbons (Fsp3) is 0.440. The maximum absolute atomic E-state index is 13.5. The Kier molecular flexibility index (Phi) is 8.66. The van der Waals surface area contributed by atoms with Gasteiger partial charge in [-0.05, 0) is 64.3 Å². The number of carbonyl (C=O) groups excluding carboxylic acids is 2. The molecule has 2 aromatic rings. The van der Waals surface area contributed by atoms with E-state index >= 15 is 0 Å². The Balaban J connectivity index is 2.43. The molecular formula is C25H35N3O4S. The number of benzene rings is 2. The highest BCUT2D eigenvalue weighted by Crippen LogP contribution is 2.25. The van der Waals surface area contributed by atoms with E-state index in [2.05, 4.69) is 5.32 Å². The molecule has 0 aromatic heterocycles. The topological polar surface area (TPSA) is 86.8 Å². The maximum Gasteiger partial charge on any atom is 0.244 e. The van der Waals surface area contributed by atoms with Gasteiger partial charge in [0.15, 0.2) is 0 Å². The number of anilines is 1. The average molecular weight is 474 g/mol. The van der Waals surface area contributed by atoms with E-state index in [1.807, 2.05) is 65.0 Å². The molecule has 0 heterocycles. The molecule has 2 aromatic carbocycles. The van der Waals surface area contributed by atoms with Gasteiger partial charge in [0.1, 0.15) is 12.6 Å². The third-order valence-corrected chi connectivity index (χ3v) is 6.72. The summed E-state index contributed by atoms with van der Waals surface area (Å²) in [6.07, 6.45) is 1.08. The second-order valence-electron chi connectivity index (χ2n) is 8.84. The zero-order chi connectivity index (χ0) is 24.9. The number of nitrogens with zero attached hydrogens (tertiary/aromatic N) is 2. The number of hydrogen-bond donors (Lipinski definition) is 1. The maximum atomic E-state index is 13.5. The smallest absolute Gasteiger partial charge is 0.244 e. The number of amides is 2. The quantitative estimate of drug-likeness (QED) is 0.605. The van der Waals surface area contributed by atoms with Gasteiger partial charge in [0.05, 0.1) is 11.9 Å².